The smallest absolute Gasteiger partial charge is 0.291 e. The normalized spacial score (nSPS) is 10.4. The predicted molar refractivity (Wildman–Crippen MR) is 107 cm³/mol. The van der Waals surface area contributed by atoms with Crippen molar-refractivity contribution in [3.05, 3.63) is 83.8 Å². The van der Waals surface area contributed by atoms with Crippen LogP contribution in [0.4, 0.5) is 5.69 Å². The third-order valence-corrected chi connectivity index (χ3v) is 4.87. The summed E-state index contributed by atoms with van der Waals surface area (Å²) >= 11 is 1.63. The average Bonchev–Trinajstić information content (AvgIpc) is 3.16. The van der Waals surface area contributed by atoms with Crippen LogP contribution in [0.2, 0.25) is 0 Å². The molecule has 0 aliphatic rings. The fraction of sp³-hybridized carbons (Fsp3) is 0.143. The highest BCUT2D eigenvalue weighted by molar-refractivity contribution is 7.98. The summed E-state index contributed by atoms with van der Waals surface area (Å²) in [6.45, 7) is 2.40. The Balaban J connectivity index is 1.68. The van der Waals surface area contributed by atoms with Crippen LogP contribution in [0.1, 0.15) is 33.4 Å². The van der Waals surface area contributed by atoms with E-state index in [1.165, 1.54) is 6.26 Å². The van der Waals surface area contributed by atoms with E-state index in [2.05, 4.69) is 10.6 Å². The fourth-order valence-electron chi connectivity index (χ4n) is 2.52. The Labute approximate surface area is 162 Å². The summed E-state index contributed by atoms with van der Waals surface area (Å²) in [6, 6.07) is 18.6. The Morgan fingerprint density at radius 3 is 2.59 bits per heavy atom. The van der Waals surface area contributed by atoms with Crippen molar-refractivity contribution in [1.82, 2.24) is 5.32 Å². The Bertz CT molecular complexity index is 922. The molecular weight excluding hydrogens is 360 g/mol. The van der Waals surface area contributed by atoms with Gasteiger partial charge in [0, 0.05) is 34.0 Å². The number of carbonyl (C=O) groups excluding carboxylic acids is 2. The van der Waals surface area contributed by atoms with Gasteiger partial charge in [0.15, 0.2) is 5.76 Å². The molecule has 0 radical (unpaired) electrons. The first-order valence-electron chi connectivity index (χ1n) is 8.61. The highest BCUT2D eigenvalue weighted by Crippen LogP contribution is 2.25. The number of nitrogens with one attached hydrogen (secondary N) is 2. The van der Waals surface area contributed by atoms with E-state index in [4.69, 9.17) is 4.42 Å². The van der Waals surface area contributed by atoms with Gasteiger partial charge in [-0.15, -0.1) is 11.8 Å². The molecule has 0 unspecified atom stereocenters. The van der Waals surface area contributed by atoms with Crippen molar-refractivity contribution in [2.75, 3.05) is 11.9 Å². The minimum Gasteiger partial charge on any atom is -0.459 e. The van der Waals surface area contributed by atoms with Crippen molar-refractivity contribution in [2.24, 2.45) is 0 Å². The molecule has 138 valence electrons. The lowest BCUT2D eigenvalue weighted by atomic mass is 10.2. The van der Waals surface area contributed by atoms with E-state index in [9.17, 15) is 9.59 Å². The van der Waals surface area contributed by atoms with Gasteiger partial charge < -0.3 is 15.1 Å². The number of amides is 2. The molecule has 27 heavy (non-hydrogen) atoms. The van der Waals surface area contributed by atoms with E-state index in [0.717, 1.165) is 10.5 Å². The maximum atomic E-state index is 12.6. The molecule has 0 spiro atoms. The molecule has 3 rings (SSSR count). The Morgan fingerprint density at radius 2 is 1.81 bits per heavy atom. The average molecular weight is 380 g/mol. The lowest BCUT2D eigenvalue weighted by Gasteiger charge is -2.08. The SMILES string of the molecule is CCNC(=O)c1cccc(NC(=O)c2occc2CSc2ccccc2)c1. The standard InChI is InChI=1S/C21H20N2O3S/c1-2-22-20(24)15-7-6-8-17(13-15)23-21(25)19-16(11-12-26-19)14-27-18-9-4-3-5-10-18/h3-13H,2,14H2,1H3,(H,22,24)(H,23,25). The molecule has 6 heteroatoms. The molecule has 0 aliphatic carbocycles. The first-order valence-corrected chi connectivity index (χ1v) is 9.59. The van der Waals surface area contributed by atoms with Crippen molar-refractivity contribution in [2.45, 2.75) is 17.6 Å². The van der Waals surface area contributed by atoms with Crippen molar-refractivity contribution in [1.29, 1.82) is 0 Å². The van der Waals surface area contributed by atoms with Gasteiger partial charge in [0.25, 0.3) is 11.8 Å². The van der Waals surface area contributed by atoms with Gasteiger partial charge in [-0.25, -0.2) is 0 Å². The molecule has 0 aliphatic heterocycles. The van der Waals surface area contributed by atoms with E-state index in [1.54, 1.807) is 42.1 Å². The summed E-state index contributed by atoms with van der Waals surface area (Å²) in [7, 11) is 0. The zero-order chi connectivity index (χ0) is 19.1. The van der Waals surface area contributed by atoms with Gasteiger partial charge in [0.2, 0.25) is 0 Å². The zero-order valence-corrected chi connectivity index (χ0v) is 15.7. The van der Waals surface area contributed by atoms with Gasteiger partial charge in [-0.05, 0) is 43.3 Å². The second kappa shape index (κ2) is 9.09. The summed E-state index contributed by atoms with van der Waals surface area (Å²) in [5.41, 5.74) is 1.86. The Kier molecular flexibility index (Phi) is 6.33. The number of hydrogen-bond donors (Lipinski definition) is 2. The van der Waals surface area contributed by atoms with Crippen LogP contribution in [-0.4, -0.2) is 18.4 Å². The molecule has 0 fully saturated rings. The van der Waals surface area contributed by atoms with Crippen molar-refractivity contribution < 1.29 is 14.0 Å². The molecular formula is C21H20N2O3S. The lowest BCUT2D eigenvalue weighted by Crippen LogP contribution is -2.22. The number of rotatable bonds is 7. The molecule has 1 heterocycles. The van der Waals surface area contributed by atoms with Crippen molar-refractivity contribution in [3.8, 4) is 0 Å². The summed E-state index contributed by atoms with van der Waals surface area (Å²) in [5.74, 6) is 0.396. The second-order valence-corrected chi connectivity index (χ2v) is 6.82. The Morgan fingerprint density at radius 1 is 1.00 bits per heavy atom. The maximum absolute atomic E-state index is 12.6. The largest absolute Gasteiger partial charge is 0.459 e. The van der Waals surface area contributed by atoms with Gasteiger partial charge in [-0.1, -0.05) is 24.3 Å². The molecule has 0 saturated heterocycles. The van der Waals surface area contributed by atoms with Crippen molar-refractivity contribution in [3.63, 3.8) is 0 Å². The Hall–Kier alpha value is -2.99. The quantitative estimate of drug-likeness (QED) is 0.589. The van der Waals surface area contributed by atoms with Crippen LogP contribution in [0.3, 0.4) is 0 Å². The molecule has 0 bridgehead atoms. The van der Waals surface area contributed by atoms with E-state index >= 15 is 0 Å². The minimum atomic E-state index is -0.336. The summed E-state index contributed by atoms with van der Waals surface area (Å²) in [4.78, 5) is 25.7. The molecule has 1 aromatic heterocycles. The zero-order valence-electron chi connectivity index (χ0n) is 14.9. The van der Waals surface area contributed by atoms with Gasteiger partial charge in [-0.2, -0.15) is 0 Å². The van der Waals surface area contributed by atoms with E-state index in [0.29, 0.717) is 23.5 Å². The molecule has 3 aromatic rings. The van der Waals surface area contributed by atoms with Crippen LogP contribution in [0.15, 0.2) is 76.2 Å². The number of benzene rings is 2. The molecule has 2 N–H and O–H groups in total. The topological polar surface area (TPSA) is 71.3 Å². The molecule has 5 nitrogen and oxygen atoms in total. The number of hydrogen-bond acceptors (Lipinski definition) is 4. The number of carbonyl (C=O) groups is 2. The highest BCUT2D eigenvalue weighted by atomic mass is 32.2. The third-order valence-electron chi connectivity index (χ3n) is 3.81. The lowest BCUT2D eigenvalue weighted by molar-refractivity contribution is 0.0953. The van der Waals surface area contributed by atoms with Gasteiger partial charge in [0.1, 0.15) is 0 Å². The van der Waals surface area contributed by atoms with Crippen LogP contribution in [0.25, 0.3) is 0 Å². The summed E-state index contributed by atoms with van der Waals surface area (Å²) < 4.78 is 5.40. The third kappa shape index (κ3) is 5.01. The van der Waals surface area contributed by atoms with Gasteiger partial charge in [-0.3, -0.25) is 9.59 Å². The monoisotopic (exact) mass is 380 g/mol. The van der Waals surface area contributed by atoms with Crippen LogP contribution in [0, 0.1) is 0 Å². The number of thioether (sulfide) groups is 1. The first-order chi connectivity index (χ1) is 13.2. The van der Waals surface area contributed by atoms with E-state index in [1.807, 2.05) is 37.3 Å². The number of furan rings is 1. The molecule has 2 aromatic carbocycles. The molecule has 0 saturated carbocycles. The predicted octanol–water partition coefficient (Wildman–Crippen LogP) is 4.57. The summed E-state index contributed by atoms with van der Waals surface area (Å²) in [6.07, 6.45) is 1.51. The number of anilines is 1. The fourth-order valence-corrected chi connectivity index (χ4v) is 3.41. The van der Waals surface area contributed by atoms with E-state index in [-0.39, 0.29) is 17.6 Å². The van der Waals surface area contributed by atoms with Crippen LogP contribution < -0.4 is 10.6 Å². The maximum Gasteiger partial charge on any atom is 0.291 e. The van der Waals surface area contributed by atoms with Gasteiger partial charge >= 0.3 is 0 Å². The van der Waals surface area contributed by atoms with Crippen molar-refractivity contribution >= 4 is 29.3 Å². The summed E-state index contributed by atoms with van der Waals surface area (Å²) in [5, 5.41) is 5.54. The second-order valence-electron chi connectivity index (χ2n) is 5.77. The van der Waals surface area contributed by atoms with Crippen LogP contribution >= 0.6 is 11.8 Å². The highest BCUT2D eigenvalue weighted by Gasteiger charge is 2.16. The molecule has 0 atom stereocenters. The van der Waals surface area contributed by atoms with Crippen LogP contribution in [0.5, 0.6) is 0 Å². The van der Waals surface area contributed by atoms with Gasteiger partial charge in [0.05, 0.1) is 6.26 Å². The molecule has 2 amide bonds. The first kappa shape index (κ1) is 18.8. The van der Waals surface area contributed by atoms with Crippen LogP contribution in [-0.2, 0) is 5.75 Å². The minimum absolute atomic E-state index is 0.174. The van der Waals surface area contributed by atoms with E-state index < -0.39 is 0 Å².